The first-order valence-electron chi connectivity index (χ1n) is 11.7. The molecule has 0 aromatic carbocycles. The number of aliphatic hydroxyl groups is 1. The summed E-state index contributed by atoms with van der Waals surface area (Å²) in [5.74, 6) is -3.53. The van der Waals surface area contributed by atoms with E-state index in [1.807, 2.05) is 34.6 Å². The summed E-state index contributed by atoms with van der Waals surface area (Å²) in [4.78, 5) is 18.4. The van der Waals surface area contributed by atoms with Crippen molar-refractivity contribution in [1.29, 1.82) is 0 Å². The third-order valence-corrected chi connectivity index (χ3v) is 5.57. The van der Waals surface area contributed by atoms with Crippen molar-refractivity contribution in [3.8, 4) is 0 Å². The molecule has 184 valence electrons. The van der Waals surface area contributed by atoms with E-state index < -0.39 is 23.9 Å². The number of pyridine rings is 1. The number of ether oxygens (including phenoxy) is 1. The number of hydrogen-bond donors (Lipinski definition) is 1. The van der Waals surface area contributed by atoms with E-state index in [0.29, 0.717) is 29.2 Å². The highest BCUT2D eigenvalue weighted by atomic mass is 19.3. The van der Waals surface area contributed by atoms with Crippen LogP contribution in [0.4, 0.5) is 14.6 Å². The molecule has 1 aliphatic rings. The van der Waals surface area contributed by atoms with Crippen LogP contribution in [0.15, 0.2) is 18.2 Å². The van der Waals surface area contributed by atoms with Crippen LogP contribution in [0.3, 0.4) is 0 Å². The lowest BCUT2D eigenvalue weighted by molar-refractivity contribution is -0.0138. The highest BCUT2D eigenvalue weighted by Crippen LogP contribution is 2.36. The molecule has 0 radical (unpaired) electrons. The van der Waals surface area contributed by atoms with Crippen LogP contribution in [0, 0.1) is 5.92 Å². The van der Waals surface area contributed by atoms with E-state index in [-0.39, 0.29) is 31.4 Å². The zero-order valence-electron chi connectivity index (χ0n) is 20.6. The van der Waals surface area contributed by atoms with Crippen molar-refractivity contribution in [2.45, 2.75) is 73.0 Å². The molecular weight excluding hydrogens is 430 g/mol. The van der Waals surface area contributed by atoms with Crippen molar-refractivity contribution in [1.82, 2.24) is 14.8 Å². The maximum absolute atomic E-state index is 14.0. The van der Waals surface area contributed by atoms with Crippen LogP contribution in [0.2, 0.25) is 0 Å². The van der Waals surface area contributed by atoms with E-state index in [1.54, 1.807) is 24.0 Å². The first kappa shape index (κ1) is 26.7. The van der Waals surface area contributed by atoms with Crippen LogP contribution in [-0.4, -0.2) is 51.5 Å². The second-order valence-corrected chi connectivity index (χ2v) is 8.22. The summed E-state index contributed by atoms with van der Waals surface area (Å²) in [6.45, 7) is 13.0. The Morgan fingerprint density at radius 2 is 1.97 bits per heavy atom. The number of rotatable bonds is 7. The normalized spacial score (nSPS) is 18.2. The Kier molecular flexibility index (Phi) is 8.94. The predicted octanol–water partition coefficient (Wildman–Crippen LogP) is 4.80. The number of aryl methyl sites for hydroxylation is 1. The Hall–Kier alpha value is -2.55. The largest absolute Gasteiger partial charge is 0.461 e. The van der Waals surface area contributed by atoms with Crippen LogP contribution < -0.4 is 4.90 Å². The first-order valence-corrected chi connectivity index (χ1v) is 11.7. The van der Waals surface area contributed by atoms with Gasteiger partial charge in [-0.3, -0.25) is 4.68 Å². The molecule has 1 fully saturated rings. The van der Waals surface area contributed by atoms with Crippen molar-refractivity contribution in [2.75, 3.05) is 24.6 Å². The smallest absolute Gasteiger partial charge is 0.356 e. The van der Waals surface area contributed by atoms with Gasteiger partial charge in [-0.15, -0.1) is 0 Å². The summed E-state index contributed by atoms with van der Waals surface area (Å²) in [5.41, 5.74) is 1.71. The van der Waals surface area contributed by atoms with Crippen molar-refractivity contribution >= 4 is 11.8 Å². The molecule has 9 heteroatoms. The zero-order chi connectivity index (χ0) is 24.9. The minimum Gasteiger partial charge on any atom is -0.461 e. The third kappa shape index (κ3) is 5.69. The van der Waals surface area contributed by atoms with E-state index in [1.165, 1.54) is 17.7 Å². The average molecular weight is 467 g/mol. The van der Waals surface area contributed by atoms with Crippen LogP contribution in [0.1, 0.15) is 88.1 Å². The van der Waals surface area contributed by atoms with E-state index in [2.05, 4.69) is 10.1 Å². The second-order valence-electron chi connectivity index (χ2n) is 8.22. The molecule has 3 heterocycles. The van der Waals surface area contributed by atoms with E-state index in [9.17, 15) is 18.7 Å². The molecule has 0 saturated carbocycles. The van der Waals surface area contributed by atoms with E-state index in [0.717, 1.165) is 0 Å². The quantitative estimate of drug-likeness (QED) is 0.591. The summed E-state index contributed by atoms with van der Waals surface area (Å²) >= 11 is 0. The lowest BCUT2D eigenvalue weighted by Gasteiger charge is -2.20. The molecule has 1 saturated heterocycles. The van der Waals surface area contributed by atoms with Crippen molar-refractivity contribution in [3.05, 3.63) is 40.8 Å². The number of aromatic nitrogens is 3. The molecule has 0 aliphatic carbocycles. The van der Waals surface area contributed by atoms with Gasteiger partial charge in [0.1, 0.15) is 17.6 Å². The molecule has 2 atom stereocenters. The van der Waals surface area contributed by atoms with Crippen LogP contribution in [-0.2, 0) is 11.2 Å². The zero-order valence-corrected chi connectivity index (χ0v) is 20.6. The van der Waals surface area contributed by atoms with E-state index in [4.69, 9.17) is 4.74 Å². The van der Waals surface area contributed by atoms with Gasteiger partial charge in [0, 0.05) is 29.8 Å². The maximum Gasteiger partial charge on any atom is 0.356 e. The molecule has 2 aromatic heterocycles. The van der Waals surface area contributed by atoms with Gasteiger partial charge in [0.05, 0.1) is 18.8 Å². The standard InChI is InChI=1S/C22H30F2N4O3.C2H6/c1-6-16-15(8-9-19(25-16)27-11-14(5)22(23,24)12-27)20(29)17-10-18(21(30)31-7-2)28(26-17)13(3)4;1-2/h8-10,13-14,20,29H,6-7,11-12H2,1-5H3;1-2H3. The van der Waals surface area contributed by atoms with Gasteiger partial charge in [-0.2, -0.15) is 5.10 Å². The average Bonchev–Trinajstić information content (AvgIpc) is 3.36. The van der Waals surface area contributed by atoms with Gasteiger partial charge in [-0.05, 0) is 39.3 Å². The Morgan fingerprint density at radius 1 is 1.30 bits per heavy atom. The minimum absolute atomic E-state index is 0.106. The fraction of sp³-hybridized carbons (Fsp3) is 0.625. The molecule has 3 rings (SSSR count). The highest BCUT2D eigenvalue weighted by molar-refractivity contribution is 5.87. The lowest BCUT2D eigenvalue weighted by atomic mass is 10.0. The summed E-state index contributed by atoms with van der Waals surface area (Å²) in [5, 5.41) is 15.4. The van der Waals surface area contributed by atoms with Gasteiger partial charge >= 0.3 is 5.97 Å². The number of carbonyl (C=O) groups excluding carboxylic acids is 1. The van der Waals surface area contributed by atoms with Crippen LogP contribution in [0.25, 0.3) is 0 Å². The monoisotopic (exact) mass is 466 g/mol. The molecular formula is C24H36F2N4O3. The minimum atomic E-state index is -2.75. The Labute approximate surface area is 194 Å². The van der Waals surface area contributed by atoms with Gasteiger partial charge < -0.3 is 14.7 Å². The lowest BCUT2D eigenvalue weighted by Crippen LogP contribution is -2.27. The molecule has 2 aromatic rings. The molecule has 33 heavy (non-hydrogen) atoms. The van der Waals surface area contributed by atoms with Gasteiger partial charge in [0.15, 0.2) is 0 Å². The molecule has 0 spiro atoms. The number of halogens is 2. The van der Waals surface area contributed by atoms with Gasteiger partial charge in [0.2, 0.25) is 0 Å². The number of esters is 1. The number of anilines is 1. The summed E-state index contributed by atoms with van der Waals surface area (Å²) in [6.07, 6.45) is -0.598. The van der Waals surface area contributed by atoms with Gasteiger partial charge in [-0.1, -0.05) is 33.8 Å². The second kappa shape index (κ2) is 11.0. The van der Waals surface area contributed by atoms with Crippen molar-refractivity contribution in [2.24, 2.45) is 5.92 Å². The number of nitrogens with zero attached hydrogens (tertiary/aromatic N) is 4. The predicted molar refractivity (Wildman–Crippen MR) is 124 cm³/mol. The molecule has 1 aliphatic heterocycles. The Bertz CT molecular complexity index is 946. The number of aliphatic hydroxyl groups excluding tert-OH is 1. The van der Waals surface area contributed by atoms with E-state index >= 15 is 0 Å². The van der Waals surface area contributed by atoms with Crippen molar-refractivity contribution < 1.29 is 23.4 Å². The molecule has 2 unspecified atom stereocenters. The summed E-state index contributed by atoms with van der Waals surface area (Å²) in [7, 11) is 0. The molecule has 1 N–H and O–H groups in total. The van der Waals surface area contributed by atoms with Crippen molar-refractivity contribution in [3.63, 3.8) is 0 Å². The fourth-order valence-electron chi connectivity index (χ4n) is 3.78. The van der Waals surface area contributed by atoms with Gasteiger partial charge in [0.25, 0.3) is 5.92 Å². The molecule has 0 amide bonds. The fourth-order valence-corrected chi connectivity index (χ4v) is 3.78. The first-order chi connectivity index (χ1) is 15.6. The van der Waals surface area contributed by atoms with Crippen LogP contribution >= 0.6 is 0 Å². The molecule has 7 nitrogen and oxygen atoms in total. The Morgan fingerprint density at radius 3 is 2.48 bits per heavy atom. The number of carbonyl (C=O) groups is 1. The Balaban J connectivity index is 0.00000187. The SMILES string of the molecule is CC.CCOC(=O)c1cc(C(O)c2ccc(N3CC(C)C(F)(F)C3)nc2CC)nn1C(C)C. The van der Waals surface area contributed by atoms with Gasteiger partial charge in [-0.25, -0.2) is 18.6 Å². The van der Waals surface area contributed by atoms with Crippen LogP contribution in [0.5, 0.6) is 0 Å². The summed E-state index contributed by atoms with van der Waals surface area (Å²) < 4.78 is 34.5. The maximum atomic E-state index is 14.0. The number of hydrogen-bond acceptors (Lipinski definition) is 6. The topological polar surface area (TPSA) is 80.5 Å². The third-order valence-electron chi connectivity index (χ3n) is 5.57. The number of alkyl halides is 2. The highest BCUT2D eigenvalue weighted by Gasteiger charge is 2.45. The molecule has 0 bridgehead atoms. The summed E-state index contributed by atoms with van der Waals surface area (Å²) in [6, 6.07) is 4.77.